The molecule has 2 N–H and O–H groups in total. The van der Waals surface area contributed by atoms with Crippen LogP contribution in [0.3, 0.4) is 0 Å². The van der Waals surface area contributed by atoms with E-state index in [-0.39, 0.29) is 5.91 Å². The van der Waals surface area contributed by atoms with E-state index in [0.29, 0.717) is 25.1 Å². The highest BCUT2D eigenvalue weighted by Crippen LogP contribution is 2.08. The van der Waals surface area contributed by atoms with Gasteiger partial charge in [-0.2, -0.15) is 0 Å². The van der Waals surface area contributed by atoms with E-state index in [1.807, 2.05) is 4.90 Å². The van der Waals surface area contributed by atoms with E-state index in [1.54, 1.807) is 13.0 Å². The maximum Gasteiger partial charge on any atom is 0.330 e. The number of amides is 1. The molecule has 0 unspecified atom stereocenters. The summed E-state index contributed by atoms with van der Waals surface area (Å²) in [6.07, 6.45) is 4.32. The number of hydrogen-bond acceptors (Lipinski definition) is 3. The minimum atomic E-state index is -0.903. The van der Waals surface area contributed by atoms with Gasteiger partial charge >= 0.3 is 5.97 Å². The van der Waals surface area contributed by atoms with Crippen molar-refractivity contribution in [3.63, 3.8) is 0 Å². The number of nitrogens with one attached hydrogen (secondary N) is 1. The fourth-order valence-electron chi connectivity index (χ4n) is 1.73. The van der Waals surface area contributed by atoms with Crippen molar-refractivity contribution in [3.8, 4) is 0 Å². The summed E-state index contributed by atoms with van der Waals surface area (Å²) < 4.78 is 0. The van der Waals surface area contributed by atoms with Crippen molar-refractivity contribution in [1.82, 2.24) is 10.2 Å². The van der Waals surface area contributed by atoms with Crippen LogP contribution < -0.4 is 5.32 Å². The van der Waals surface area contributed by atoms with Crippen LogP contribution in [0.1, 0.15) is 26.2 Å². The number of carboxylic acid groups (broad SMARTS) is 1. The molecule has 1 aliphatic rings. The lowest BCUT2D eigenvalue weighted by atomic mass is 10.3. The minimum Gasteiger partial charge on any atom is -0.478 e. The molecule has 96 valence electrons. The SMILES string of the molecule is CC(=CCNCCC(=O)N1CCCC1)C(=O)O. The Morgan fingerprint density at radius 2 is 2.00 bits per heavy atom. The van der Waals surface area contributed by atoms with Gasteiger partial charge in [-0.05, 0) is 19.8 Å². The normalized spacial score (nSPS) is 16.3. The quantitative estimate of drug-likeness (QED) is 0.527. The van der Waals surface area contributed by atoms with Crippen molar-refractivity contribution >= 4 is 11.9 Å². The predicted octanol–water partition coefficient (Wildman–Crippen LogP) is 0.619. The highest BCUT2D eigenvalue weighted by Gasteiger charge is 2.16. The average molecular weight is 240 g/mol. The molecular weight excluding hydrogens is 220 g/mol. The number of carboxylic acids is 1. The average Bonchev–Trinajstić information content (AvgIpc) is 2.81. The Morgan fingerprint density at radius 1 is 1.35 bits per heavy atom. The van der Waals surface area contributed by atoms with Crippen molar-refractivity contribution in [1.29, 1.82) is 0 Å². The second kappa shape index (κ2) is 7.06. The van der Waals surface area contributed by atoms with Gasteiger partial charge in [0.15, 0.2) is 0 Å². The molecule has 1 aliphatic heterocycles. The Labute approximate surface area is 101 Å². The molecule has 1 amide bonds. The van der Waals surface area contributed by atoms with Gasteiger partial charge < -0.3 is 15.3 Å². The first-order chi connectivity index (χ1) is 8.11. The molecular formula is C12H20N2O3. The lowest BCUT2D eigenvalue weighted by Gasteiger charge is -2.14. The van der Waals surface area contributed by atoms with Gasteiger partial charge in [-0.3, -0.25) is 4.79 Å². The van der Waals surface area contributed by atoms with E-state index in [1.165, 1.54) is 0 Å². The van der Waals surface area contributed by atoms with Crippen LogP contribution in [-0.2, 0) is 9.59 Å². The van der Waals surface area contributed by atoms with Crippen molar-refractivity contribution in [2.75, 3.05) is 26.2 Å². The standard InChI is InChI=1S/C12H20N2O3/c1-10(12(16)17)4-6-13-7-5-11(15)14-8-2-3-9-14/h4,13H,2-3,5-9H2,1H3,(H,16,17). The molecule has 0 atom stereocenters. The second-order valence-corrected chi connectivity index (χ2v) is 4.23. The van der Waals surface area contributed by atoms with Crippen LogP contribution >= 0.6 is 0 Å². The largest absolute Gasteiger partial charge is 0.478 e. The molecule has 0 aromatic rings. The van der Waals surface area contributed by atoms with Gasteiger partial charge in [0.1, 0.15) is 0 Å². The maximum absolute atomic E-state index is 11.6. The number of hydrogen-bond donors (Lipinski definition) is 2. The number of rotatable bonds is 6. The summed E-state index contributed by atoms with van der Waals surface area (Å²) in [5, 5.41) is 11.7. The fraction of sp³-hybridized carbons (Fsp3) is 0.667. The van der Waals surface area contributed by atoms with E-state index in [0.717, 1.165) is 25.9 Å². The third-order valence-electron chi connectivity index (χ3n) is 2.86. The summed E-state index contributed by atoms with van der Waals surface area (Å²) in [5.74, 6) is -0.714. The van der Waals surface area contributed by atoms with E-state index in [4.69, 9.17) is 5.11 Å². The molecule has 0 aromatic carbocycles. The molecule has 1 heterocycles. The van der Waals surface area contributed by atoms with Gasteiger partial charge in [0.2, 0.25) is 5.91 Å². The second-order valence-electron chi connectivity index (χ2n) is 4.23. The molecule has 1 saturated heterocycles. The molecule has 17 heavy (non-hydrogen) atoms. The Bertz CT molecular complexity index is 307. The van der Waals surface area contributed by atoms with Crippen LogP contribution in [0.2, 0.25) is 0 Å². The zero-order valence-corrected chi connectivity index (χ0v) is 10.2. The smallest absolute Gasteiger partial charge is 0.330 e. The van der Waals surface area contributed by atoms with Crippen molar-refractivity contribution in [2.45, 2.75) is 26.2 Å². The number of carbonyl (C=O) groups excluding carboxylic acids is 1. The molecule has 1 rings (SSSR count). The molecule has 0 spiro atoms. The lowest BCUT2D eigenvalue weighted by molar-refractivity contribution is -0.132. The predicted molar refractivity (Wildman–Crippen MR) is 64.7 cm³/mol. The van der Waals surface area contributed by atoms with Crippen LogP contribution in [0, 0.1) is 0 Å². The Kier molecular flexibility index (Phi) is 5.69. The van der Waals surface area contributed by atoms with Crippen molar-refractivity contribution in [3.05, 3.63) is 11.6 Å². The number of aliphatic carboxylic acids is 1. The van der Waals surface area contributed by atoms with Gasteiger partial charge in [0.25, 0.3) is 0 Å². The van der Waals surface area contributed by atoms with Crippen LogP contribution in [0.5, 0.6) is 0 Å². The van der Waals surface area contributed by atoms with Crippen LogP contribution in [0.15, 0.2) is 11.6 Å². The van der Waals surface area contributed by atoms with Gasteiger partial charge in [-0.1, -0.05) is 6.08 Å². The molecule has 0 aliphatic carbocycles. The van der Waals surface area contributed by atoms with Gasteiger partial charge in [0, 0.05) is 38.2 Å². The van der Waals surface area contributed by atoms with E-state index < -0.39 is 5.97 Å². The van der Waals surface area contributed by atoms with Gasteiger partial charge in [-0.15, -0.1) is 0 Å². The van der Waals surface area contributed by atoms with E-state index in [2.05, 4.69) is 5.32 Å². The number of likely N-dealkylation sites (tertiary alicyclic amines) is 1. The molecule has 0 bridgehead atoms. The number of nitrogens with zero attached hydrogens (tertiary/aromatic N) is 1. The summed E-state index contributed by atoms with van der Waals surface area (Å²) >= 11 is 0. The third kappa shape index (κ3) is 4.99. The van der Waals surface area contributed by atoms with Gasteiger partial charge in [-0.25, -0.2) is 4.79 Å². The summed E-state index contributed by atoms with van der Waals surface area (Å²) in [5.41, 5.74) is 0.323. The minimum absolute atomic E-state index is 0.189. The van der Waals surface area contributed by atoms with Gasteiger partial charge in [0.05, 0.1) is 0 Å². The summed E-state index contributed by atoms with van der Waals surface area (Å²) in [6, 6.07) is 0. The Hall–Kier alpha value is -1.36. The first-order valence-electron chi connectivity index (χ1n) is 6.00. The molecule has 5 nitrogen and oxygen atoms in total. The highest BCUT2D eigenvalue weighted by molar-refractivity contribution is 5.85. The summed E-state index contributed by atoms with van der Waals surface area (Å²) in [4.78, 5) is 24.0. The van der Waals surface area contributed by atoms with E-state index in [9.17, 15) is 9.59 Å². The van der Waals surface area contributed by atoms with Crippen LogP contribution in [-0.4, -0.2) is 48.1 Å². The van der Waals surface area contributed by atoms with Crippen LogP contribution in [0.25, 0.3) is 0 Å². The Morgan fingerprint density at radius 3 is 2.59 bits per heavy atom. The first kappa shape index (κ1) is 13.7. The third-order valence-corrected chi connectivity index (χ3v) is 2.86. The fourth-order valence-corrected chi connectivity index (χ4v) is 1.73. The summed E-state index contributed by atoms with van der Waals surface area (Å²) in [7, 11) is 0. The zero-order chi connectivity index (χ0) is 12.7. The lowest BCUT2D eigenvalue weighted by Crippen LogP contribution is -2.30. The molecule has 1 fully saturated rings. The summed E-state index contributed by atoms with van der Waals surface area (Å²) in [6.45, 7) is 4.41. The molecule has 5 heteroatoms. The molecule has 0 aromatic heterocycles. The first-order valence-corrected chi connectivity index (χ1v) is 6.00. The maximum atomic E-state index is 11.6. The van der Waals surface area contributed by atoms with Crippen molar-refractivity contribution in [2.24, 2.45) is 0 Å². The van der Waals surface area contributed by atoms with E-state index >= 15 is 0 Å². The topological polar surface area (TPSA) is 69.6 Å². The molecule has 0 saturated carbocycles. The Balaban J connectivity index is 2.09. The zero-order valence-electron chi connectivity index (χ0n) is 10.2. The van der Waals surface area contributed by atoms with Crippen LogP contribution in [0.4, 0.5) is 0 Å². The monoisotopic (exact) mass is 240 g/mol. The number of carbonyl (C=O) groups is 2. The highest BCUT2D eigenvalue weighted by atomic mass is 16.4. The molecule has 0 radical (unpaired) electrons. The van der Waals surface area contributed by atoms with Crippen molar-refractivity contribution < 1.29 is 14.7 Å².